The number of pyridine rings is 1. The van der Waals surface area contributed by atoms with Crippen LogP contribution in [0.3, 0.4) is 0 Å². The Hall–Kier alpha value is -1.34. The van der Waals surface area contributed by atoms with Crippen LogP contribution in [0.1, 0.15) is 29.0 Å². The van der Waals surface area contributed by atoms with Crippen LogP contribution < -0.4 is 5.32 Å². The van der Waals surface area contributed by atoms with E-state index in [-0.39, 0.29) is 11.7 Å². The zero-order valence-corrected chi connectivity index (χ0v) is 12.4. The molecule has 8 heteroatoms. The Morgan fingerprint density at radius 3 is 2.82 bits per heavy atom. The number of alkyl halides is 3. The lowest BCUT2D eigenvalue weighted by Gasteiger charge is -2.30. The van der Waals surface area contributed by atoms with E-state index in [1.165, 1.54) is 6.07 Å². The van der Waals surface area contributed by atoms with Gasteiger partial charge in [-0.25, -0.2) is 4.98 Å². The highest BCUT2D eigenvalue weighted by Gasteiger charge is 2.37. The van der Waals surface area contributed by atoms with Gasteiger partial charge in [0.05, 0.1) is 5.02 Å². The van der Waals surface area contributed by atoms with Gasteiger partial charge in [0.25, 0.3) is 5.91 Å². The number of carbonyl (C=O) groups excluding carboxylic acids is 1. The quantitative estimate of drug-likeness (QED) is 0.905. The van der Waals surface area contributed by atoms with Gasteiger partial charge in [0, 0.05) is 19.1 Å². The summed E-state index contributed by atoms with van der Waals surface area (Å²) in [4.78, 5) is 17.8. The van der Waals surface area contributed by atoms with E-state index < -0.39 is 22.8 Å². The molecule has 22 heavy (non-hydrogen) atoms. The van der Waals surface area contributed by atoms with Gasteiger partial charge in [0.15, 0.2) is 5.69 Å². The molecule has 1 aromatic heterocycles. The summed E-state index contributed by atoms with van der Waals surface area (Å²) < 4.78 is 38.3. The molecule has 2 aliphatic rings. The summed E-state index contributed by atoms with van der Waals surface area (Å²) in [5.74, 6) is -0.0300. The van der Waals surface area contributed by atoms with Gasteiger partial charge in [-0.3, -0.25) is 4.79 Å². The number of piperidine rings is 1. The van der Waals surface area contributed by atoms with Crippen molar-refractivity contribution in [1.29, 1.82) is 0 Å². The summed E-state index contributed by atoms with van der Waals surface area (Å²) in [6.07, 6.45) is -2.70. The number of nitrogens with one attached hydrogen (secondary N) is 1. The Kier molecular flexibility index (Phi) is 4.03. The Morgan fingerprint density at radius 1 is 1.36 bits per heavy atom. The molecule has 1 N–H and O–H groups in total. The SMILES string of the molecule is O=C(N[C@@H]1C[C@@H]2CCN(C2)C1)c1ccc(Cl)c(C(F)(F)F)n1. The first-order chi connectivity index (χ1) is 10.3. The molecule has 2 saturated heterocycles. The standard InChI is InChI=1S/C14H15ClF3N3O/c15-10-1-2-11(20-12(10)14(16,17)18)13(22)19-9-5-8-3-4-21(6-8)7-9/h1-2,8-9H,3-7H2,(H,19,22)/t8-,9+/m0/s1. The minimum atomic E-state index is -4.68. The lowest BCUT2D eigenvalue weighted by atomic mass is 9.97. The number of nitrogens with zero attached hydrogens (tertiary/aromatic N) is 2. The summed E-state index contributed by atoms with van der Waals surface area (Å²) in [6.45, 7) is 2.81. The van der Waals surface area contributed by atoms with Crippen LogP contribution in [0.15, 0.2) is 12.1 Å². The van der Waals surface area contributed by atoms with Crippen LogP contribution in [0.5, 0.6) is 0 Å². The van der Waals surface area contributed by atoms with E-state index in [4.69, 9.17) is 11.6 Å². The molecule has 2 bridgehead atoms. The van der Waals surface area contributed by atoms with Gasteiger partial charge >= 0.3 is 6.18 Å². The van der Waals surface area contributed by atoms with Crippen LogP contribution >= 0.6 is 11.6 Å². The Balaban J connectivity index is 1.72. The highest BCUT2D eigenvalue weighted by Crippen LogP contribution is 2.33. The third-order valence-corrected chi connectivity index (χ3v) is 4.45. The van der Waals surface area contributed by atoms with Crippen LogP contribution in [0.25, 0.3) is 0 Å². The van der Waals surface area contributed by atoms with Gasteiger partial charge < -0.3 is 10.2 Å². The van der Waals surface area contributed by atoms with Crippen LogP contribution in [0, 0.1) is 5.92 Å². The lowest BCUT2D eigenvalue weighted by Crippen LogP contribution is -2.47. The van der Waals surface area contributed by atoms with Crippen LogP contribution in [0.2, 0.25) is 5.02 Å². The van der Waals surface area contributed by atoms with Crippen LogP contribution in [-0.4, -0.2) is 41.5 Å². The van der Waals surface area contributed by atoms with Gasteiger partial charge in [-0.1, -0.05) is 11.6 Å². The van der Waals surface area contributed by atoms with E-state index in [1.807, 2.05) is 0 Å². The average Bonchev–Trinajstić information content (AvgIpc) is 2.77. The smallest absolute Gasteiger partial charge is 0.347 e. The summed E-state index contributed by atoms with van der Waals surface area (Å²) in [5, 5.41) is 2.27. The summed E-state index contributed by atoms with van der Waals surface area (Å²) in [6, 6.07) is 2.23. The highest BCUT2D eigenvalue weighted by atomic mass is 35.5. The summed E-state index contributed by atoms with van der Waals surface area (Å²) in [5.41, 5.74) is -1.49. The Morgan fingerprint density at radius 2 is 2.14 bits per heavy atom. The largest absolute Gasteiger partial charge is 0.434 e. The predicted molar refractivity (Wildman–Crippen MR) is 74.7 cm³/mol. The fraction of sp³-hybridized carbons (Fsp3) is 0.571. The van der Waals surface area contributed by atoms with Crippen molar-refractivity contribution >= 4 is 17.5 Å². The van der Waals surface area contributed by atoms with Crippen molar-refractivity contribution in [2.75, 3.05) is 19.6 Å². The monoisotopic (exact) mass is 333 g/mol. The molecule has 3 rings (SSSR count). The zero-order chi connectivity index (χ0) is 15.9. The fourth-order valence-corrected chi connectivity index (χ4v) is 3.40. The van der Waals surface area contributed by atoms with Gasteiger partial charge in [-0.15, -0.1) is 0 Å². The molecule has 0 spiro atoms. The zero-order valence-electron chi connectivity index (χ0n) is 11.7. The van der Waals surface area contributed by atoms with Gasteiger partial charge in [0.1, 0.15) is 5.69 Å². The third-order valence-electron chi connectivity index (χ3n) is 4.15. The molecule has 1 aromatic rings. The van der Waals surface area contributed by atoms with E-state index >= 15 is 0 Å². The summed E-state index contributed by atoms with van der Waals surface area (Å²) in [7, 11) is 0. The van der Waals surface area contributed by atoms with Crippen molar-refractivity contribution < 1.29 is 18.0 Å². The molecule has 120 valence electrons. The molecule has 3 atom stereocenters. The lowest BCUT2D eigenvalue weighted by molar-refractivity contribution is -0.141. The molecule has 2 fully saturated rings. The molecule has 2 aliphatic heterocycles. The maximum Gasteiger partial charge on any atom is 0.434 e. The minimum Gasteiger partial charge on any atom is -0.347 e. The molecule has 0 saturated carbocycles. The number of carbonyl (C=O) groups is 1. The fourth-order valence-electron chi connectivity index (χ4n) is 3.19. The summed E-state index contributed by atoms with van der Waals surface area (Å²) >= 11 is 5.50. The number of fused-ring (bicyclic) bond motifs is 2. The maximum atomic E-state index is 12.8. The minimum absolute atomic E-state index is 0.0411. The van der Waals surface area contributed by atoms with Gasteiger partial charge in [-0.2, -0.15) is 13.2 Å². The number of halogens is 4. The van der Waals surface area contributed by atoms with Crippen molar-refractivity contribution in [2.45, 2.75) is 25.1 Å². The Labute approximate surface area is 130 Å². The molecule has 0 aromatic carbocycles. The van der Waals surface area contributed by atoms with Crippen molar-refractivity contribution in [3.63, 3.8) is 0 Å². The second-order valence-electron chi connectivity index (χ2n) is 5.85. The van der Waals surface area contributed by atoms with E-state index in [0.29, 0.717) is 5.92 Å². The number of amides is 1. The number of aromatic nitrogens is 1. The number of hydrogen-bond acceptors (Lipinski definition) is 3. The molecular formula is C14H15ClF3N3O. The van der Waals surface area contributed by atoms with Crippen molar-refractivity contribution in [3.05, 3.63) is 28.5 Å². The highest BCUT2D eigenvalue weighted by molar-refractivity contribution is 6.31. The second-order valence-corrected chi connectivity index (χ2v) is 6.25. The third kappa shape index (κ3) is 3.20. The van der Waals surface area contributed by atoms with E-state index in [0.717, 1.165) is 38.5 Å². The van der Waals surface area contributed by atoms with Gasteiger partial charge in [-0.05, 0) is 37.4 Å². The van der Waals surface area contributed by atoms with E-state index in [1.54, 1.807) is 0 Å². The van der Waals surface area contributed by atoms with Gasteiger partial charge in [0.2, 0.25) is 0 Å². The van der Waals surface area contributed by atoms with Crippen LogP contribution in [-0.2, 0) is 6.18 Å². The molecule has 0 radical (unpaired) electrons. The molecule has 1 amide bonds. The maximum absolute atomic E-state index is 12.8. The normalized spacial score (nSPS) is 27.7. The first-order valence-corrected chi connectivity index (χ1v) is 7.47. The van der Waals surface area contributed by atoms with Crippen molar-refractivity contribution in [2.24, 2.45) is 5.92 Å². The number of rotatable bonds is 2. The Bertz CT molecular complexity index is 581. The number of hydrogen-bond donors (Lipinski definition) is 1. The first-order valence-electron chi connectivity index (χ1n) is 7.10. The van der Waals surface area contributed by atoms with E-state index in [2.05, 4.69) is 15.2 Å². The molecule has 3 heterocycles. The van der Waals surface area contributed by atoms with Crippen molar-refractivity contribution in [3.8, 4) is 0 Å². The first kappa shape index (κ1) is 15.6. The topological polar surface area (TPSA) is 45.2 Å². The molecule has 4 nitrogen and oxygen atoms in total. The second kappa shape index (κ2) is 5.70. The average molecular weight is 334 g/mol. The molecular weight excluding hydrogens is 319 g/mol. The van der Waals surface area contributed by atoms with E-state index in [9.17, 15) is 18.0 Å². The van der Waals surface area contributed by atoms with Crippen molar-refractivity contribution in [1.82, 2.24) is 15.2 Å². The van der Waals surface area contributed by atoms with Crippen LogP contribution in [0.4, 0.5) is 13.2 Å². The predicted octanol–water partition coefficient (Wildman–Crippen LogP) is 2.58. The molecule has 0 aliphatic carbocycles. The molecule has 1 unspecified atom stereocenters.